The van der Waals surface area contributed by atoms with Crippen molar-refractivity contribution < 1.29 is 14.6 Å². The lowest BCUT2D eigenvalue weighted by Gasteiger charge is -2.20. The molecule has 0 fully saturated rings. The van der Waals surface area contributed by atoms with Crippen LogP contribution in [0.1, 0.15) is 12.5 Å². The number of carbonyl (C=O) groups excluding carboxylic acids is 1. The van der Waals surface area contributed by atoms with E-state index in [9.17, 15) is 9.90 Å². The predicted octanol–water partition coefficient (Wildman–Crippen LogP) is 1.46. The molecule has 0 aliphatic heterocycles. The smallest absolute Gasteiger partial charge is 0.338 e. The number of benzene rings is 1. The number of hydrogen-bond acceptors (Lipinski definition) is 4. The lowest BCUT2D eigenvalue weighted by atomic mass is 10.1. The van der Waals surface area contributed by atoms with Gasteiger partial charge in [0.25, 0.3) is 0 Å². The highest BCUT2D eigenvalue weighted by Crippen LogP contribution is 2.10. The summed E-state index contributed by atoms with van der Waals surface area (Å²) in [5, 5.41) is 12.8. The molecule has 0 amide bonds. The largest absolute Gasteiger partial charge is 0.467 e. The highest BCUT2D eigenvalue weighted by atomic mass is 79.9. The third-order valence-corrected chi connectivity index (χ3v) is 2.87. The Morgan fingerprint density at radius 2 is 2.06 bits per heavy atom. The van der Waals surface area contributed by atoms with Gasteiger partial charge in [-0.05, 0) is 24.6 Å². The van der Waals surface area contributed by atoms with E-state index in [1.165, 1.54) is 14.0 Å². The van der Waals surface area contributed by atoms with Crippen molar-refractivity contribution in [3.05, 3.63) is 34.3 Å². The Labute approximate surface area is 109 Å². The minimum Gasteiger partial charge on any atom is -0.467 e. The molecule has 1 aromatic rings. The van der Waals surface area contributed by atoms with Gasteiger partial charge in [0, 0.05) is 17.6 Å². The molecule has 4 nitrogen and oxygen atoms in total. The van der Waals surface area contributed by atoms with Gasteiger partial charge in [-0.1, -0.05) is 28.1 Å². The molecule has 0 aromatic heterocycles. The molecule has 1 rings (SSSR count). The number of carbonyl (C=O) groups is 1. The van der Waals surface area contributed by atoms with Crippen LogP contribution in [-0.2, 0) is 16.1 Å². The molecule has 0 saturated heterocycles. The number of methoxy groups -OCH3 is 1. The van der Waals surface area contributed by atoms with Gasteiger partial charge in [0.2, 0.25) is 0 Å². The maximum absolute atomic E-state index is 11.2. The summed E-state index contributed by atoms with van der Waals surface area (Å²) < 4.78 is 5.51. The first-order chi connectivity index (χ1) is 7.95. The fourth-order valence-corrected chi connectivity index (χ4v) is 1.61. The zero-order chi connectivity index (χ0) is 12.9. The van der Waals surface area contributed by atoms with Crippen LogP contribution < -0.4 is 5.32 Å². The van der Waals surface area contributed by atoms with E-state index in [0.29, 0.717) is 6.54 Å². The van der Waals surface area contributed by atoms with E-state index >= 15 is 0 Å². The standard InChI is InChI=1S/C12H16BrNO3/c1-12(16,11(15)17-2)8-14-7-9-3-5-10(13)6-4-9/h3-6,14,16H,7-8H2,1-2H3. The quantitative estimate of drug-likeness (QED) is 0.809. The second-order valence-electron chi connectivity index (χ2n) is 4.00. The second-order valence-corrected chi connectivity index (χ2v) is 4.91. The molecule has 0 aliphatic carbocycles. The normalized spacial score (nSPS) is 14.1. The van der Waals surface area contributed by atoms with Gasteiger partial charge in [-0.25, -0.2) is 4.79 Å². The lowest BCUT2D eigenvalue weighted by molar-refractivity contribution is -0.159. The van der Waals surface area contributed by atoms with Gasteiger partial charge in [0.05, 0.1) is 7.11 Å². The first-order valence-electron chi connectivity index (χ1n) is 5.21. The minimum absolute atomic E-state index is 0.149. The predicted molar refractivity (Wildman–Crippen MR) is 68.5 cm³/mol. The lowest BCUT2D eigenvalue weighted by Crippen LogP contribution is -2.45. The Balaban J connectivity index is 2.42. The van der Waals surface area contributed by atoms with Crippen LogP contribution in [0.4, 0.5) is 0 Å². The van der Waals surface area contributed by atoms with Gasteiger partial charge >= 0.3 is 5.97 Å². The van der Waals surface area contributed by atoms with E-state index in [2.05, 4.69) is 26.0 Å². The van der Waals surface area contributed by atoms with Crippen LogP contribution in [0.3, 0.4) is 0 Å². The summed E-state index contributed by atoms with van der Waals surface area (Å²) in [6.45, 7) is 2.16. The van der Waals surface area contributed by atoms with E-state index in [-0.39, 0.29) is 6.54 Å². The Kier molecular flexibility index (Phi) is 5.11. The summed E-state index contributed by atoms with van der Waals surface area (Å²) in [4.78, 5) is 11.2. The minimum atomic E-state index is -1.50. The molecule has 1 aromatic carbocycles. The summed E-state index contributed by atoms with van der Waals surface area (Å²) in [5.41, 5.74) is -0.418. The topological polar surface area (TPSA) is 58.6 Å². The molecule has 0 saturated carbocycles. The second kappa shape index (κ2) is 6.14. The molecule has 5 heteroatoms. The van der Waals surface area contributed by atoms with Crippen molar-refractivity contribution in [1.82, 2.24) is 5.32 Å². The van der Waals surface area contributed by atoms with Crippen LogP contribution >= 0.6 is 15.9 Å². The molecule has 0 spiro atoms. The Morgan fingerprint density at radius 1 is 1.47 bits per heavy atom. The molecule has 1 atom stereocenters. The van der Waals surface area contributed by atoms with Crippen LogP contribution in [0, 0.1) is 0 Å². The van der Waals surface area contributed by atoms with E-state index in [4.69, 9.17) is 0 Å². The molecule has 0 aliphatic rings. The van der Waals surface area contributed by atoms with Crippen molar-refractivity contribution in [2.45, 2.75) is 19.1 Å². The molecular weight excluding hydrogens is 286 g/mol. The summed E-state index contributed by atoms with van der Waals surface area (Å²) in [6, 6.07) is 7.80. The maximum Gasteiger partial charge on any atom is 0.338 e. The summed E-state index contributed by atoms with van der Waals surface area (Å²) in [6.07, 6.45) is 0. The molecule has 0 bridgehead atoms. The Morgan fingerprint density at radius 3 is 2.59 bits per heavy atom. The van der Waals surface area contributed by atoms with Gasteiger partial charge in [-0.2, -0.15) is 0 Å². The molecular formula is C12H16BrNO3. The summed E-state index contributed by atoms with van der Waals surface area (Å²) >= 11 is 3.35. The molecule has 0 radical (unpaired) electrons. The van der Waals surface area contributed by atoms with Crippen molar-refractivity contribution in [3.8, 4) is 0 Å². The fraction of sp³-hybridized carbons (Fsp3) is 0.417. The fourth-order valence-electron chi connectivity index (χ4n) is 1.34. The molecule has 1 unspecified atom stereocenters. The maximum atomic E-state index is 11.2. The van der Waals surface area contributed by atoms with Crippen molar-refractivity contribution in [3.63, 3.8) is 0 Å². The van der Waals surface area contributed by atoms with Crippen molar-refractivity contribution in [2.75, 3.05) is 13.7 Å². The van der Waals surface area contributed by atoms with Crippen molar-refractivity contribution in [2.24, 2.45) is 0 Å². The highest BCUT2D eigenvalue weighted by Gasteiger charge is 2.30. The van der Waals surface area contributed by atoms with E-state index in [1.807, 2.05) is 24.3 Å². The van der Waals surface area contributed by atoms with Crippen LogP contribution in [0.15, 0.2) is 28.7 Å². The average Bonchev–Trinajstić information content (AvgIpc) is 2.30. The zero-order valence-electron chi connectivity index (χ0n) is 9.87. The number of halogens is 1. The number of hydrogen-bond donors (Lipinski definition) is 2. The molecule has 17 heavy (non-hydrogen) atoms. The van der Waals surface area contributed by atoms with Gasteiger partial charge in [0.1, 0.15) is 0 Å². The van der Waals surface area contributed by atoms with Gasteiger partial charge < -0.3 is 15.2 Å². The first-order valence-corrected chi connectivity index (χ1v) is 6.01. The van der Waals surface area contributed by atoms with Crippen LogP contribution in [0.2, 0.25) is 0 Å². The van der Waals surface area contributed by atoms with Crippen LogP contribution in [-0.4, -0.2) is 30.3 Å². The SMILES string of the molecule is COC(=O)C(C)(O)CNCc1ccc(Br)cc1. The Hall–Kier alpha value is -0.910. The van der Waals surface area contributed by atoms with Crippen LogP contribution in [0.25, 0.3) is 0 Å². The van der Waals surface area contributed by atoms with E-state index < -0.39 is 11.6 Å². The third-order valence-electron chi connectivity index (χ3n) is 2.34. The van der Waals surface area contributed by atoms with Crippen molar-refractivity contribution >= 4 is 21.9 Å². The molecule has 94 valence electrons. The zero-order valence-corrected chi connectivity index (χ0v) is 11.5. The average molecular weight is 302 g/mol. The van der Waals surface area contributed by atoms with Gasteiger partial charge in [-0.15, -0.1) is 0 Å². The third kappa shape index (κ3) is 4.46. The number of aliphatic hydroxyl groups is 1. The molecule has 0 heterocycles. The summed E-state index contributed by atoms with van der Waals surface area (Å²) in [5.74, 6) is -0.638. The van der Waals surface area contributed by atoms with Crippen LogP contribution in [0.5, 0.6) is 0 Å². The van der Waals surface area contributed by atoms with E-state index in [1.54, 1.807) is 0 Å². The summed E-state index contributed by atoms with van der Waals surface area (Å²) in [7, 11) is 1.26. The first kappa shape index (κ1) is 14.2. The number of ether oxygens (including phenoxy) is 1. The number of nitrogens with one attached hydrogen (secondary N) is 1. The van der Waals surface area contributed by atoms with Crippen molar-refractivity contribution in [1.29, 1.82) is 0 Å². The van der Waals surface area contributed by atoms with Gasteiger partial charge in [-0.3, -0.25) is 0 Å². The van der Waals surface area contributed by atoms with E-state index in [0.717, 1.165) is 10.0 Å². The number of rotatable bonds is 5. The number of esters is 1. The highest BCUT2D eigenvalue weighted by molar-refractivity contribution is 9.10. The van der Waals surface area contributed by atoms with Gasteiger partial charge in [0.15, 0.2) is 5.60 Å². The molecule has 2 N–H and O–H groups in total. The Bertz CT molecular complexity index is 376. The monoisotopic (exact) mass is 301 g/mol.